The Morgan fingerprint density at radius 3 is 2.12 bits per heavy atom. The number of tetrazole rings is 1. The summed E-state index contributed by atoms with van der Waals surface area (Å²) in [6.07, 6.45) is 4.52. The van der Waals surface area contributed by atoms with Gasteiger partial charge in [-0.1, -0.05) is 25.1 Å². The lowest BCUT2D eigenvalue weighted by Gasteiger charge is -2.37. The van der Waals surface area contributed by atoms with Crippen LogP contribution in [0.5, 0.6) is 0 Å². The molecule has 5 heterocycles. The monoisotopic (exact) mass is 777 g/mol. The van der Waals surface area contributed by atoms with Crippen molar-refractivity contribution in [2.45, 2.75) is 50.5 Å². The van der Waals surface area contributed by atoms with Crippen molar-refractivity contribution >= 4 is 11.4 Å². The van der Waals surface area contributed by atoms with Crippen molar-refractivity contribution in [1.82, 2.24) is 44.5 Å². The zero-order chi connectivity index (χ0) is 39.8. The number of pyridine rings is 2. The zero-order valence-electron chi connectivity index (χ0n) is 30.1. The van der Waals surface area contributed by atoms with Gasteiger partial charge in [-0.05, 0) is 59.7 Å². The molecule has 3 atom stereocenters. The molecule has 2 N–H and O–H groups in total. The Hall–Kier alpha value is -6.08. The summed E-state index contributed by atoms with van der Waals surface area (Å²) >= 11 is 0. The Morgan fingerprint density at radius 2 is 1.54 bits per heavy atom. The Balaban J connectivity index is 1.02. The molecular weight excluding hydrogens is 741 g/mol. The van der Waals surface area contributed by atoms with Gasteiger partial charge in [0, 0.05) is 61.3 Å². The smallest absolute Gasteiger partial charge is 0.352 e. The normalized spacial score (nSPS) is 15.8. The maximum absolute atomic E-state index is 16.2. The number of alkyl halides is 2. The third-order valence-corrected chi connectivity index (χ3v) is 9.99. The Bertz CT molecular complexity index is 2350. The van der Waals surface area contributed by atoms with E-state index in [1.165, 1.54) is 30.9 Å². The van der Waals surface area contributed by atoms with Crippen molar-refractivity contribution < 1.29 is 32.2 Å². The van der Waals surface area contributed by atoms with Gasteiger partial charge in [-0.2, -0.15) is 13.9 Å². The quantitative estimate of drug-likeness (QED) is 0.172. The van der Waals surface area contributed by atoms with Crippen LogP contribution in [0.3, 0.4) is 0 Å². The second kappa shape index (κ2) is 15.2. The third-order valence-electron chi connectivity index (χ3n) is 9.99. The van der Waals surface area contributed by atoms with Gasteiger partial charge in [0.25, 0.3) is 0 Å². The summed E-state index contributed by atoms with van der Waals surface area (Å²) in [4.78, 5) is 25.2. The van der Waals surface area contributed by atoms with E-state index in [2.05, 4.69) is 35.5 Å². The number of aliphatic hydroxyl groups excluding tert-OH is 1. The summed E-state index contributed by atoms with van der Waals surface area (Å²) in [5.41, 5.74) is -2.95. The van der Waals surface area contributed by atoms with Crippen LogP contribution >= 0.6 is 0 Å². The van der Waals surface area contributed by atoms with E-state index in [-0.39, 0.29) is 5.82 Å². The maximum atomic E-state index is 16.2. The van der Waals surface area contributed by atoms with E-state index in [1.54, 1.807) is 6.92 Å². The van der Waals surface area contributed by atoms with E-state index in [1.807, 2.05) is 36.1 Å². The number of aliphatic hydroxyl groups is 2. The highest BCUT2D eigenvalue weighted by molar-refractivity contribution is 5.66. The van der Waals surface area contributed by atoms with E-state index >= 15 is 13.2 Å². The van der Waals surface area contributed by atoms with Crippen LogP contribution in [-0.4, -0.2) is 87.0 Å². The summed E-state index contributed by atoms with van der Waals surface area (Å²) in [5.74, 6) is -7.45. The van der Waals surface area contributed by atoms with Crippen molar-refractivity contribution in [1.29, 1.82) is 0 Å². The summed E-state index contributed by atoms with van der Waals surface area (Å²) in [5, 5.41) is 35.8. The van der Waals surface area contributed by atoms with Gasteiger partial charge in [-0.3, -0.25) is 4.98 Å². The van der Waals surface area contributed by atoms with Crippen molar-refractivity contribution in [2.24, 2.45) is 0 Å². The molecule has 0 amide bonds. The van der Waals surface area contributed by atoms with Crippen LogP contribution in [0.15, 0.2) is 90.5 Å². The molecule has 6 aromatic rings. The number of rotatable bonds is 12. The third kappa shape index (κ3) is 7.10. The average Bonchev–Trinajstić information content (AvgIpc) is 3.84. The molecule has 0 radical (unpaired) electrons. The van der Waals surface area contributed by atoms with Gasteiger partial charge >= 0.3 is 11.6 Å². The second-order valence-electron chi connectivity index (χ2n) is 13.5. The number of anilines is 2. The van der Waals surface area contributed by atoms with Crippen LogP contribution in [-0.2, 0) is 18.1 Å². The van der Waals surface area contributed by atoms with Crippen LogP contribution in [0, 0.1) is 17.5 Å². The van der Waals surface area contributed by atoms with Gasteiger partial charge in [0.15, 0.2) is 17.2 Å². The topological polar surface area (TPSA) is 156 Å². The van der Waals surface area contributed by atoms with Crippen LogP contribution in [0.4, 0.5) is 33.3 Å². The second-order valence-corrected chi connectivity index (χ2v) is 13.5. The SMILES string of the molecule is CC[C@@H]([C@H](C)O)n1ncn(-c2ncc(N3CCN(c4ccc(-c5ccc(C(F)(F)C(O)(Cn6cnnn6)c6ccc(F)cc6F)nc5)cc4)CC3)cc2F)c1=O. The molecule has 1 unspecified atom stereocenters. The van der Waals surface area contributed by atoms with Gasteiger partial charge < -0.3 is 20.0 Å². The van der Waals surface area contributed by atoms with E-state index in [9.17, 15) is 23.8 Å². The first-order chi connectivity index (χ1) is 26.8. The molecule has 0 aliphatic carbocycles. The van der Waals surface area contributed by atoms with Gasteiger partial charge in [0.05, 0.1) is 30.6 Å². The molecule has 1 fully saturated rings. The highest BCUT2D eigenvalue weighted by Crippen LogP contribution is 2.47. The maximum Gasteiger partial charge on any atom is 0.352 e. The lowest BCUT2D eigenvalue weighted by molar-refractivity contribution is -0.207. The van der Waals surface area contributed by atoms with Gasteiger partial charge in [0.1, 0.15) is 30.0 Å². The molecule has 292 valence electrons. The first-order valence-corrected chi connectivity index (χ1v) is 17.6. The number of hydrogen-bond donors (Lipinski definition) is 2. The van der Waals surface area contributed by atoms with Crippen molar-refractivity contribution in [3.05, 3.63) is 125 Å². The fourth-order valence-corrected chi connectivity index (χ4v) is 6.89. The first-order valence-electron chi connectivity index (χ1n) is 17.6. The van der Waals surface area contributed by atoms with E-state index in [0.717, 1.165) is 44.1 Å². The minimum atomic E-state index is -4.19. The number of halogens is 5. The molecule has 1 saturated heterocycles. The number of piperazine rings is 1. The van der Waals surface area contributed by atoms with Gasteiger partial charge in [0.2, 0.25) is 0 Å². The number of aromatic nitrogens is 9. The first kappa shape index (κ1) is 38.2. The molecule has 0 spiro atoms. The van der Waals surface area contributed by atoms with E-state index in [0.29, 0.717) is 55.5 Å². The molecule has 7 rings (SSSR count). The molecule has 0 bridgehead atoms. The molecule has 56 heavy (non-hydrogen) atoms. The van der Waals surface area contributed by atoms with Crippen molar-refractivity contribution in [3.63, 3.8) is 0 Å². The minimum absolute atomic E-state index is 0.189. The van der Waals surface area contributed by atoms with Crippen LogP contribution in [0.25, 0.3) is 16.9 Å². The molecule has 1 aliphatic heterocycles. The van der Waals surface area contributed by atoms with Gasteiger partial charge in [-0.15, -0.1) is 5.10 Å². The predicted octanol–water partition coefficient (Wildman–Crippen LogP) is 4.23. The lowest BCUT2D eigenvalue weighted by Crippen LogP contribution is -2.48. The molecular formula is C37H36F5N11O3. The Morgan fingerprint density at radius 1 is 0.839 bits per heavy atom. The summed E-state index contributed by atoms with van der Waals surface area (Å²) in [6.45, 7) is 4.71. The van der Waals surface area contributed by atoms with E-state index in [4.69, 9.17) is 0 Å². The lowest BCUT2D eigenvalue weighted by atomic mass is 9.84. The summed E-state index contributed by atoms with van der Waals surface area (Å²) in [6, 6.07) is 12.5. The molecule has 0 saturated carbocycles. The molecule has 2 aromatic carbocycles. The number of nitrogens with zero attached hydrogens (tertiary/aromatic N) is 11. The van der Waals surface area contributed by atoms with E-state index < -0.39 is 64.6 Å². The minimum Gasteiger partial charge on any atom is -0.391 e. The van der Waals surface area contributed by atoms with Crippen LogP contribution in [0.2, 0.25) is 0 Å². The molecule has 4 aromatic heterocycles. The van der Waals surface area contributed by atoms with Gasteiger partial charge in [-0.25, -0.2) is 36.9 Å². The zero-order valence-corrected chi connectivity index (χ0v) is 30.1. The molecule has 19 heteroatoms. The number of benzene rings is 2. The highest BCUT2D eigenvalue weighted by Gasteiger charge is 2.58. The number of hydrogen-bond acceptors (Lipinski definition) is 11. The van der Waals surface area contributed by atoms with Crippen LogP contribution in [0.1, 0.15) is 37.6 Å². The average molecular weight is 778 g/mol. The standard InChI is InChI=1S/C37H36F5N11O3/c1-3-32(23(2)54)53-35(55)52(22-46-53)34-31(40)17-28(19-44-34)50-14-12-49(13-15-50)27-8-4-24(5-9-27)25-6-11-33(43-18-25)37(41,42)36(56,20-51-21-45-47-48-51)29-10-7-26(38)16-30(29)39/h4-11,16-19,21-23,32,54,56H,3,12-15,20H2,1-2H3/t23-,32-,36?/m0/s1. The Kier molecular flexibility index (Phi) is 10.4. The predicted molar refractivity (Wildman–Crippen MR) is 193 cm³/mol. The molecule has 14 nitrogen and oxygen atoms in total. The fraction of sp³-hybridized carbons (Fsp3) is 0.324. The van der Waals surface area contributed by atoms with Crippen molar-refractivity contribution in [2.75, 3.05) is 36.0 Å². The summed E-state index contributed by atoms with van der Waals surface area (Å²) in [7, 11) is 0. The van der Waals surface area contributed by atoms with Crippen molar-refractivity contribution in [3.8, 4) is 16.9 Å². The fourth-order valence-electron chi connectivity index (χ4n) is 6.89. The summed E-state index contributed by atoms with van der Waals surface area (Å²) < 4.78 is 79.1. The highest BCUT2D eigenvalue weighted by atomic mass is 19.3. The van der Waals surface area contributed by atoms with Crippen LogP contribution < -0.4 is 15.5 Å². The molecule has 1 aliphatic rings. The Labute approximate surface area is 316 Å². The largest absolute Gasteiger partial charge is 0.391 e.